The van der Waals surface area contributed by atoms with Gasteiger partial charge in [0, 0.05) is 13.1 Å². The van der Waals surface area contributed by atoms with Gasteiger partial charge in [-0.1, -0.05) is 32.1 Å². The maximum Gasteiger partial charge on any atom is 0.0161 e. The van der Waals surface area contributed by atoms with Crippen molar-refractivity contribution in [2.24, 2.45) is 11.8 Å². The molecule has 1 nitrogen and oxygen atoms in total. The lowest BCUT2D eigenvalue weighted by molar-refractivity contribution is 0.357. The van der Waals surface area contributed by atoms with Crippen molar-refractivity contribution in [3.63, 3.8) is 0 Å². The van der Waals surface area contributed by atoms with Crippen LogP contribution in [0.5, 0.6) is 0 Å². The van der Waals surface area contributed by atoms with Crippen molar-refractivity contribution < 1.29 is 0 Å². The van der Waals surface area contributed by atoms with Crippen LogP contribution in [0, 0.1) is 11.8 Å². The van der Waals surface area contributed by atoms with Crippen molar-refractivity contribution in [2.45, 2.75) is 57.8 Å². The molecule has 0 aromatic heterocycles. The van der Waals surface area contributed by atoms with Crippen molar-refractivity contribution in [3.05, 3.63) is 0 Å². The molecular weight excluding hydrogens is 170 g/mol. The molecule has 2 saturated carbocycles. The molecule has 0 aromatic carbocycles. The molecule has 0 saturated heterocycles. The normalized spacial score (nSPS) is 25.7. The van der Waals surface area contributed by atoms with Crippen LogP contribution in [0.3, 0.4) is 0 Å². The van der Waals surface area contributed by atoms with Crippen LogP contribution in [0.25, 0.3) is 0 Å². The van der Waals surface area contributed by atoms with Crippen LogP contribution < -0.4 is 5.32 Å². The predicted molar refractivity (Wildman–Crippen MR) is 60.4 cm³/mol. The summed E-state index contributed by atoms with van der Waals surface area (Å²) in [4.78, 5) is 0. The van der Waals surface area contributed by atoms with Crippen LogP contribution in [0.15, 0.2) is 0 Å². The summed E-state index contributed by atoms with van der Waals surface area (Å²) in [5, 5.41) is 4.73. The monoisotopic (exact) mass is 194 g/mol. The summed E-state index contributed by atoms with van der Waals surface area (Å²) in [6.07, 6.45) is 13.2. The molecule has 1 heteroatoms. The quantitative estimate of drug-likeness (QED) is 0.651. The standard InChI is InChI=1S/C13H24N/c1-2-4-6-12(7-5-3-1)10-14-11-13-8-9-13/h12-13H,1-11H2. The topological polar surface area (TPSA) is 14.1 Å². The van der Waals surface area contributed by atoms with Gasteiger partial charge in [0.05, 0.1) is 0 Å². The molecule has 0 N–H and O–H groups in total. The highest BCUT2D eigenvalue weighted by Crippen LogP contribution is 2.28. The van der Waals surface area contributed by atoms with Gasteiger partial charge in [0.1, 0.15) is 0 Å². The van der Waals surface area contributed by atoms with E-state index in [1.54, 1.807) is 0 Å². The van der Waals surface area contributed by atoms with E-state index in [-0.39, 0.29) is 0 Å². The highest BCUT2D eigenvalue weighted by atomic mass is 14.9. The molecule has 0 aliphatic heterocycles. The van der Waals surface area contributed by atoms with Crippen molar-refractivity contribution in [3.8, 4) is 0 Å². The summed E-state index contributed by atoms with van der Waals surface area (Å²) in [6, 6.07) is 0. The molecular formula is C13H24N. The van der Waals surface area contributed by atoms with E-state index >= 15 is 0 Å². The second-order valence-electron chi connectivity index (χ2n) is 5.24. The third kappa shape index (κ3) is 4.00. The zero-order valence-electron chi connectivity index (χ0n) is 9.38. The molecule has 0 heterocycles. The highest BCUT2D eigenvalue weighted by Gasteiger charge is 2.21. The lowest BCUT2D eigenvalue weighted by Crippen LogP contribution is -2.19. The van der Waals surface area contributed by atoms with Gasteiger partial charge in [0.15, 0.2) is 0 Å². The first-order valence-corrected chi connectivity index (χ1v) is 6.58. The second-order valence-corrected chi connectivity index (χ2v) is 5.24. The lowest BCUT2D eigenvalue weighted by Gasteiger charge is -2.19. The predicted octanol–water partition coefficient (Wildman–Crippen LogP) is 3.36. The Labute approximate surface area is 88.7 Å². The molecule has 2 aliphatic carbocycles. The molecule has 81 valence electrons. The van der Waals surface area contributed by atoms with Crippen LogP contribution in [-0.4, -0.2) is 13.1 Å². The average molecular weight is 194 g/mol. The molecule has 0 atom stereocenters. The van der Waals surface area contributed by atoms with Gasteiger partial charge in [-0.3, -0.25) is 0 Å². The van der Waals surface area contributed by atoms with Gasteiger partial charge < -0.3 is 0 Å². The first kappa shape index (κ1) is 10.5. The first-order valence-electron chi connectivity index (χ1n) is 6.58. The fourth-order valence-corrected chi connectivity index (χ4v) is 2.46. The Morgan fingerprint density at radius 1 is 0.643 bits per heavy atom. The Bertz CT molecular complexity index is 143. The van der Waals surface area contributed by atoms with Crippen LogP contribution >= 0.6 is 0 Å². The van der Waals surface area contributed by atoms with Gasteiger partial charge in [-0.05, 0) is 37.5 Å². The van der Waals surface area contributed by atoms with Gasteiger partial charge in [-0.2, -0.15) is 0 Å². The van der Waals surface area contributed by atoms with Crippen molar-refractivity contribution >= 4 is 0 Å². The lowest BCUT2D eigenvalue weighted by atomic mass is 9.91. The Hall–Kier alpha value is -0.0400. The molecule has 0 aromatic rings. The smallest absolute Gasteiger partial charge is 0.0161 e. The van der Waals surface area contributed by atoms with Gasteiger partial charge in [-0.25, -0.2) is 5.32 Å². The van der Waals surface area contributed by atoms with E-state index in [9.17, 15) is 0 Å². The Morgan fingerprint density at radius 3 is 1.71 bits per heavy atom. The fraction of sp³-hybridized carbons (Fsp3) is 1.00. The van der Waals surface area contributed by atoms with E-state index in [1.165, 1.54) is 70.9 Å². The second kappa shape index (κ2) is 5.75. The van der Waals surface area contributed by atoms with E-state index < -0.39 is 0 Å². The highest BCUT2D eigenvalue weighted by molar-refractivity contribution is 4.76. The van der Waals surface area contributed by atoms with E-state index in [2.05, 4.69) is 0 Å². The minimum Gasteiger partial charge on any atom is -0.241 e. The Morgan fingerprint density at radius 2 is 1.14 bits per heavy atom. The zero-order chi connectivity index (χ0) is 9.64. The summed E-state index contributed by atoms with van der Waals surface area (Å²) in [6.45, 7) is 2.35. The molecule has 0 bridgehead atoms. The maximum absolute atomic E-state index is 4.73. The van der Waals surface area contributed by atoms with Gasteiger partial charge in [0.25, 0.3) is 0 Å². The van der Waals surface area contributed by atoms with E-state index in [4.69, 9.17) is 5.32 Å². The zero-order valence-corrected chi connectivity index (χ0v) is 9.38. The van der Waals surface area contributed by atoms with Crippen LogP contribution in [-0.2, 0) is 0 Å². The van der Waals surface area contributed by atoms with Crippen molar-refractivity contribution in [1.29, 1.82) is 0 Å². The molecule has 1 radical (unpaired) electrons. The molecule has 0 amide bonds. The summed E-state index contributed by atoms with van der Waals surface area (Å²) < 4.78 is 0. The molecule has 2 rings (SSSR count). The van der Waals surface area contributed by atoms with Gasteiger partial charge in [0.2, 0.25) is 0 Å². The van der Waals surface area contributed by atoms with E-state index in [0.717, 1.165) is 11.8 Å². The molecule has 2 fully saturated rings. The SMILES string of the molecule is C1CCCC(C[N]CC2CC2)CCC1. The first-order chi connectivity index (χ1) is 6.95. The van der Waals surface area contributed by atoms with E-state index in [0.29, 0.717) is 0 Å². The largest absolute Gasteiger partial charge is 0.241 e. The summed E-state index contributed by atoms with van der Waals surface area (Å²) >= 11 is 0. The minimum absolute atomic E-state index is 0.939. The van der Waals surface area contributed by atoms with Crippen molar-refractivity contribution in [2.75, 3.05) is 13.1 Å². The van der Waals surface area contributed by atoms with Crippen LogP contribution in [0.1, 0.15) is 57.8 Å². The van der Waals surface area contributed by atoms with Gasteiger partial charge >= 0.3 is 0 Å². The Kier molecular flexibility index (Phi) is 4.30. The number of nitrogens with zero attached hydrogens (tertiary/aromatic N) is 1. The number of rotatable bonds is 4. The molecule has 14 heavy (non-hydrogen) atoms. The minimum atomic E-state index is 0.939. The summed E-state index contributed by atoms with van der Waals surface area (Å²) in [5.41, 5.74) is 0. The van der Waals surface area contributed by atoms with Gasteiger partial charge in [-0.15, -0.1) is 0 Å². The summed E-state index contributed by atoms with van der Waals surface area (Å²) in [7, 11) is 0. The fourth-order valence-electron chi connectivity index (χ4n) is 2.46. The summed E-state index contributed by atoms with van der Waals surface area (Å²) in [5.74, 6) is 1.93. The van der Waals surface area contributed by atoms with E-state index in [1.807, 2.05) is 0 Å². The molecule has 0 spiro atoms. The third-order valence-electron chi connectivity index (χ3n) is 3.70. The Balaban J connectivity index is 1.56. The average Bonchev–Trinajstić information content (AvgIpc) is 2.92. The van der Waals surface area contributed by atoms with Crippen molar-refractivity contribution in [1.82, 2.24) is 5.32 Å². The molecule has 0 unspecified atom stereocenters. The maximum atomic E-state index is 4.73. The third-order valence-corrected chi connectivity index (χ3v) is 3.70. The van der Waals surface area contributed by atoms with Crippen LogP contribution in [0.2, 0.25) is 0 Å². The van der Waals surface area contributed by atoms with Crippen LogP contribution in [0.4, 0.5) is 0 Å². The molecule has 2 aliphatic rings. The number of hydrogen-bond donors (Lipinski definition) is 0. The number of hydrogen-bond acceptors (Lipinski definition) is 0.